The first kappa shape index (κ1) is 12.6. The van der Waals surface area contributed by atoms with Gasteiger partial charge in [0.05, 0.1) is 0 Å². The summed E-state index contributed by atoms with van der Waals surface area (Å²) >= 11 is 0. The van der Waals surface area contributed by atoms with Crippen LogP contribution in [0.3, 0.4) is 0 Å². The standard InChI is InChI=1S/C15H24N2/c1-11-6-7-13(14(16)9-11)15(2,3)12-5-4-8-17-10-12/h4-5,8,10-11,13-14H,6-7,9,16H2,1-3H3. The lowest BCUT2D eigenvalue weighted by Gasteiger charge is -2.43. The van der Waals surface area contributed by atoms with Crippen molar-refractivity contribution in [2.75, 3.05) is 0 Å². The van der Waals surface area contributed by atoms with E-state index in [0.717, 1.165) is 12.3 Å². The maximum absolute atomic E-state index is 6.37. The predicted octanol–water partition coefficient (Wildman–Crippen LogP) is 3.12. The van der Waals surface area contributed by atoms with Crippen LogP contribution in [0.4, 0.5) is 0 Å². The third-order valence-corrected chi connectivity index (χ3v) is 4.49. The van der Waals surface area contributed by atoms with Gasteiger partial charge >= 0.3 is 0 Å². The van der Waals surface area contributed by atoms with Crippen LogP contribution in [0.1, 0.15) is 45.6 Å². The summed E-state index contributed by atoms with van der Waals surface area (Å²) in [4.78, 5) is 4.24. The van der Waals surface area contributed by atoms with E-state index in [9.17, 15) is 0 Å². The Bertz CT molecular complexity index is 358. The molecule has 2 heteroatoms. The fourth-order valence-corrected chi connectivity index (χ4v) is 3.28. The Morgan fingerprint density at radius 1 is 1.35 bits per heavy atom. The largest absolute Gasteiger partial charge is 0.327 e. The minimum Gasteiger partial charge on any atom is -0.327 e. The molecule has 3 unspecified atom stereocenters. The van der Waals surface area contributed by atoms with Crippen molar-refractivity contribution in [3.63, 3.8) is 0 Å². The highest BCUT2D eigenvalue weighted by Gasteiger charge is 2.38. The van der Waals surface area contributed by atoms with Crippen LogP contribution in [0.15, 0.2) is 24.5 Å². The number of hydrogen-bond acceptors (Lipinski definition) is 2. The second-order valence-electron chi connectivity index (χ2n) is 6.15. The molecule has 0 spiro atoms. The predicted molar refractivity (Wildman–Crippen MR) is 71.7 cm³/mol. The molecule has 0 saturated heterocycles. The van der Waals surface area contributed by atoms with E-state index < -0.39 is 0 Å². The van der Waals surface area contributed by atoms with Crippen molar-refractivity contribution < 1.29 is 0 Å². The quantitative estimate of drug-likeness (QED) is 0.851. The van der Waals surface area contributed by atoms with Crippen LogP contribution >= 0.6 is 0 Å². The van der Waals surface area contributed by atoms with Gasteiger partial charge in [-0.2, -0.15) is 0 Å². The lowest BCUT2D eigenvalue weighted by molar-refractivity contribution is 0.171. The van der Waals surface area contributed by atoms with Gasteiger partial charge in [-0.15, -0.1) is 0 Å². The van der Waals surface area contributed by atoms with Gasteiger partial charge < -0.3 is 5.73 Å². The summed E-state index contributed by atoms with van der Waals surface area (Å²) in [6.45, 7) is 6.93. The van der Waals surface area contributed by atoms with Crippen molar-refractivity contribution >= 4 is 0 Å². The van der Waals surface area contributed by atoms with E-state index >= 15 is 0 Å². The van der Waals surface area contributed by atoms with E-state index in [0.29, 0.717) is 12.0 Å². The minimum absolute atomic E-state index is 0.133. The zero-order valence-corrected chi connectivity index (χ0v) is 11.2. The number of hydrogen-bond donors (Lipinski definition) is 1. The van der Waals surface area contributed by atoms with Gasteiger partial charge in [0.15, 0.2) is 0 Å². The van der Waals surface area contributed by atoms with E-state index in [4.69, 9.17) is 5.73 Å². The molecule has 17 heavy (non-hydrogen) atoms. The van der Waals surface area contributed by atoms with Gasteiger partial charge in [0.25, 0.3) is 0 Å². The second kappa shape index (κ2) is 4.77. The fourth-order valence-electron chi connectivity index (χ4n) is 3.28. The third kappa shape index (κ3) is 2.52. The molecule has 2 N–H and O–H groups in total. The summed E-state index contributed by atoms with van der Waals surface area (Å²) in [5.74, 6) is 1.36. The Balaban J connectivity index is 2.21. The molecule has 1 aliphatic rings. The Kier molecular flexibility index (Phi) is 3.53. The highest BCUT2D eigenvalue weighted by Crippen LogP contribution is 2.41. The molecule has 0 aliphatic heterocycles. The summed E-state index contributed by atoms with van der Waals surface area (Å²) in [7, 11) is 0. The normalized spacial score (nSPS) is 30.2. The zero-order chi connectivity index (χ0) is 12.5. The van der Waals surface area contributed by atoms with Crippen molar-refractivity contribution in [3.8, 4) is 0 Å². The number of nitrogens with two attached hydrogens (primary N) is 1. The molecular weight excluding hydrogens is 208 g/mol. The van der Waals surface area contributed by atoms with Crippen molar-refractivity contribution in [1.82, 2.24) is 4.98 Å². The Hall–Kier alpha value is -0.890. The number of nitrogens with zero attached hydrogens (tertiary/aromatic N) is 1. The molecule has 94 valence electrons. The second-order valence-corrected chi connectivity index (χ2v) is 6.15. The summed E-state index contributed by atoms with van der Waals surface area (Å²) in [5, 5.41) is 0. The lowest BCUT2D eigenvalue weighted by Crippen LogP contribution is -2.45. The molecule has 1 heterocycles. The smallest absolute Gasteiger partial charge is 0.0305 e. The molecular formula is C15H24N2. The molecule has 1 aliphatic carbocycles. The average molecular weight is 232 g/mol. The summed E-state index contributed by atoms with van der Waals surface area (Å²) in [6.07, 6.45) is 7.54. The highest BCUT2D eigenvalue weighted by atomic mass is 14.7. The van der Waals surface area contributed by atoms with Crippen LogP contribution in [-0.4, -0.2) is 11.0 Å². The molecule has 1 fully saturated rings. The van der Waals surface area contributed by atoms with Gasteiger partial charge in [-0.3, -0.25) is 4.98 Å². The molecule has 1 aromatic rings. The van der Waals surface area contributed by atoms with Crippen LogP contribution in [0.25, 0.3) is 0 Å². The lowest BCUT2D eigenvalue weighted by atomic mass is 9.64. The van der Waals surface area contributed by atoms with Crippen molar-refractivity contribution in [3.05, 3.63) is 30.1 Å². The molecule has 0 aromatic carbocycles. The van der Waals surface area contributed by atoms with Gasteiger partial charge in [-0.05, 0) is 41.7 Å². The molecule has 3 atom stereocenters. The van der Waals surface area contributed by atoms with E-state index in [1.807, 2.05) is 18.5 Å². The fraction of sp³-hybridized carbons (Fsp3) is 0.667. The molecule has 1 aromatic heterocycles. The summed E-state index contributed by atoms with van der Waals surface area (Å²) < 4.78 is 0. The van der Waals surface area contributed by atoms with Crippen LogP contribution < -0.4 is 5.73 Å². The number of aromatic nitrogens is 1. The van der Waals surface area contributed by atoms with Gasteiger partial charge in [0.1, 0.15) is 0 Å². The van der Waals surface area contributed by atoms with Crippen molar-refractivity contribution in [2.45, 2.75) is 51.5 Å². The number of rotatable bonds is 2. The van der Waals surface area contributed by atoms with E-state index in [-0.39, 0.29) is 5.41 Å². The molecule has 0 bridgehead atoms. The molecule has 2 nitrogen and oxygen atoms in total. The Morgan fingerprint density at radius 3 is 2.71 bits per heavy atom. The molecule has 2 rings (SSSR count). The maximum atomic E-state index is 6.37. The van der Waals surface area contributed by atoms with Crippen molar-refractivity contribution in [1.29, 1.82) is 0 Å². The van der Waals surface area contributed by atoms with Crippen LogP contribution in [0.5, 0.6) is 0 Å². The van der Waals surface area contributed by atoms with Gasteiger partial charge in [0, 0.05) is 18.4 Å². The Morgan fingerprint density at radius 2 is 2.12 bits per heavy atom. The first-order chi connectivity index (χ1) is 8.01. The van der Waals surface area contributed by atoms with E-state index in [1.165, 1.54) is 18.4 Å². The first-order valence-corrected chi connectivity index (χ1v) is 6.68. The highest BCUT2D eigenvalue weighted by molar-refractivity contribution is 5.22. The van der Waals surface area contributed by atoms with E-state index in [2.05, 4.69) is 31.8 Å². The monoisotopic (exact) mass is 232 g/mol. The maximum Gasteiger partial charge on any atom is 0.0305 e. The van der Waals surface area contributed by atoms with E-state index in [1.54, 1.807) is 0 Å². The molecule has 0 amide bonds. The van der Waals surface area contributed by atoms with Crippen LogP contribution in [0, 0.1) is 11.8 Å². The Labute approximate surface area is 105 Å². The summed E-state index contributed by atoms with van der Waals surface area (Å²) in [5.41, 5.74) is 7.82. The summed E-state index contributed by atoms with van der Waals surface area (Å²) in [6, 6.07) is 4.53. The third-order valence-electron chi connectivity index (χ3n) is 4.49. The average Bonchev–Trinajstić information content (AvgIpc) is 2.29. The topological polar surface area (TPSA) is 38.9 Å². The molecule has 0 radical (unpaired) electrons. The minimum atomic E-state index is 0.133. The van der Waals surface area contributed by atoms with Crippen molar-refractivity contribution in [2.24, 2.45) is 17.6 Å². The van der Waals surface area contributed by atoms with Crippen LogP contribution in [-0.2, 0) is 5.41 Å². The molecule has 1 saturated carbocycles. The van der Waals surface area contributed by atoms with Gasteiger partial charge in [0.2, 0.25) is 0 Å². The van der Waals surface area contributed by atoms with Gasteiger partial charge in [-0.1, -0.05) is 33.3 Å². The zero-order valence-electron chi connectivity index (χ0n) is 11.2. The van der Waals surface area contributed by atoms with Gasteiger partial charge in [-0.25, -0.2) is 0 Å². The van der Waals surface area contributed by atoms with Crippen LogP contribution in [0.2, 0.25) is 0 Å². The SMILES string of the molecule is CC1CCC(C(C)(C)c2cccnc2)C(N)C1. The number of pyridine rings is 1. The first-order valence-electron chi connectivity index (χ1n) is 6.68.